The Kier molecular flexibility index (Phi) is 3.16. The van der Waals surface area contributed by atoms with Gasteiger partial charge < -0.3 is 10.3 Å². The van der Waals surface area contributed by atoms with Crippen LogP contribution in [0.4, 0.5) is 10.2 Å². The second-order valence-corrected chi connectivity index (χ2v) is 6.37. The molecule has 0 aliphatic heterocycles. The van der Waals surface area contributed by atoms with Crippen LogP contribution in [0.15, 0.2) is 30.6 Å². The van der Waals surface area contributed by atoms with E-state index in [1.165, 1.54) is 18.5 Å². The van der Waals surface area contributed by atoms with Crippen LogP contribution in [0.2, 0.25) is 0 Å². The molecule has 2 aromatic heterocycles. The zero-order valence-electron chi connectivity index (χ0n) is 13.5. The Hall–Kier alpha value is -2.76. The molecule has 122 valence electrons. The van der Waals surface area contributed by atoms with Gasteiger partial charge in [-0.2, -0.15) is 0 Å². The molecule has 0 atom stereocenters. The molecule has 0 bridgehead atoms. The molecule has 0 unspecified atom stereocenters. The molecule has 5 nitrogen and oxygen atoms in total. The standard InChI is InChI=1S/C18H17FN4O/c1-10-11(2)22-15-14(10)16(21-9-20-15)23-17(24)18(6-7-18)12-4-3-5-13(19)8-12/h3-5,8-9H,6-7H2,1-2H3,(H2,20,21,22,23,24). The van der Waals surface area contributed by atoms with Crippen molar-refractivity contribution in [1.82, 2.24) is 15.0 Å². The molecule has 1 fully saturated rings. The van der Waals surface area contributed by atoms with Gasteiger partial charge in [0, 0.05) is 5.69 Å². The molecule has 0 radical (unpaired) electrons. The number of hydrogen-bond acceptors (Lipinski definition) is 3. The van der Waals surface area contributed by atoms with Crippen LogP contribution in [0.25, 0.3) is 11.0 Å². The minimum Gasteiger partial charge on any atom is -0.343 e. The van der Waals surface area contributed by atoms with Crippen LogP contribution >= 0.6 is 0 Å². The van der Waals surface area contributed by atoms with E-state index in [1.807, 2.05) is 13.8 Å². The van der Waals surface area contributed by atoms with E-state index in [-0.39, 0.29) is 11.7 Å². The zero-order chi connectivity index (χ0) is 16.9. The summed E-state index contributed by atoms with van der Waals surface area (Å²) in [5.41, 5.74) is 2.76. The van der Waals surface area contributed by atoms with Crippen molar-refractivity contribution < 1.29 is 9.18 Å². The topological polar surface area (TPSA) is 70.7 Å². The summed E-state index contributed by atoms with van der Waals surface area (Å²) < 4.78 is 13.5. The third-order valence-electron chi connectivity index (χ3n) is 4.88. The fourth-order valence-corrected chi connectivity index (χ4v) is 3.17. The molecular weight excluding hydrogens is 307 g/mol. The monoisotopic (exact) mass is 324 g/mol. The number of aromatic amines is 1. The van der Waals surface area contributed by atoms with E-state index in [1.54, 1.807) is 12.1 Å². The van der Waals surface area contributed by atoms with Gasteiger partial charge in [-0.15, -0.1) is 0 Å². The number of aromatic nitrogens is 3. The first-order chi connectivity index (χ1) is 11.5. The normalized spacial score (nSPS) is 15.5. The first-order valence-corrected chi connectivity index (χ1v) is 7.89. The number of carbonyl (C=O) groups is 1. The number of benzene rings is 1. The summed E-state index contributed by atoms with van der Waals surface area (Å²) in [6.07, 6.45) is 2.85. The fourth-order valence-electron chi connectivity index (χ4n) is 3.17. The molecule has 1 saturated carbocycles. The summed E-state index contributed by atoms with van der Waals surface area (Å²) in [5, 5.41) is 3.75. The summed E-state index contributed by atoms with van der Waals surface area (Å²) in [5.74, 6) is 0.0222. The van der Waals surface area contributed by atoms with Gasteiger partial charge in [0.05, 0.1) is 10.8 Å². The van der Waals surface area contributed by atoms with Crippen molar-refractivity contribution in [3.05, 3.63) is 53.2 Å². The molecule has 2 heterocycles. The average molecular weight is 324 g/mol. The van der Waals surface area contributed by atoms with Gasteiger partial charge in [0.2, 0.25) is 5.91 Å². The van der Waals surface area contributed by atoms with Crippen LogP contribution in [0, 0.1) is 19.7 Å². The minimum absolute atomic E-state index is 0.147. The maximum absolute atomic E-state index is 13.5. The van der Waals surface area contributed by atoms with Crippen molar-refractivity contribution in [3.8, 4) is 0 Å². The highest BCUT2D eigenvalue weighted by molar-refractivity contribution is 6.05. The van der Waals surface area contributed by atoms with Crippen LogP contribution in [0.5, 0.6) is 0 Å². The highest BCUT2D eigenvalue weighted by atomic mass is 19.1. The Labute approximate surface area is 138 Å². The van der Waals surface area contributed by atoms with Gasteiger partial charge in [-0.05, 0) is 49.9 Å². The number of aryl methyl sites for hydroxylation is 2. The number of nitrogens with one attached hydrogen (secondary N) is 2. The van der Waals surface area contributed by atoms with Crippen LogP contribution in [0.3, 0.4) is 0 Å². The fraction of sp³-hybridized carbons (Fsp3) is 0.278. The predicted molar refractivity (Wildman–Crippen MR) is 89.3 cm³/mol. The van der Waals surface area contributed by atoms with Gasteiger partial charge in [0.25, 0.3) is 0 Å². The van der Waals surface area contributed by atoms with Crippen molar-refractivity contribution in [1.29, 1.82) is 0 Å². The van der Waals surface area contributed by atoms with Gasteiger partial charge in [0.1, 0.15) is 23.6 Å². The van der Waals surface area contributed by atoms with E-state index in [2.05, 4.69) is 20.3 Å². The Bertz CT molecular complexity index is 959. The number of rotatable bonds is 3. The highest BCUT2D eigenvalue weighted by Gasteiger charge is 2.51. The molecule has 4 rings (SSSR count). The van der Waals surface area contributed by atoms with E-state index in [9.17, 15) is 9.18 Å². The van der Waals surface area contributed by atoms with Crippen molar-refractivity contribution in [2.45, 2.75) is 32.1 Å². The molecular formula is C18H17FN4O. The van der Waals surface area contributed by atoms with E-state index in [0.717, 1.165) is 16.6 Å². The predicted octanol–water partition coefficient (Wildman–Crippen LogP) is 3.38. The quantitative estimate of drug-likeness (QED) is 0.776. The Balaban J connectivity index is 1.70. The molecule has 0 saturated heterocycles. The molecule has 3 aromatic rings. The number of H-pyrrole nitrogens is 1. The maximum Gasteiger partial charge on any atom is 0.236 e. The lowest BCUT2D eigenvalue weighted by Crippen LogP contribution is -2.28. The number of anilines is 1. The molecule has 0 spiro atoms. The molecule has 6 heteroatoms. The lowest BCUT2D eigenvalue weighted by Gasteiger charge is -2.16. The SMILES string of the molecule is Cc1[nH]c2ncnc(NC(=O)C3(c4cccc(F)c4)CC3)c2c1C. The van der Waals surface area contributed by atoms with Crippen LogP contribution < -0.4 is 5.32 Å². The lowest BCUT2D eigenvalue weighted by atomic mass is 9.95. The number of hydrogen-bond donors (Lipinski definition) is 2. The number of halogens is 1. The summed E-state index contributed by atoms with van der Waals surface area (Å²) in [6, 6.07) is 6.27. The highest BCUT2D eigenvalue weighted by Crippen LogP contribution is 2.49. The zero-order valence-corrected chi connectivity index (χ0v) is 13.5. The Morgan fingerprint density at radius 3 is 2.79 bits per heavy atom. The minimum atomic E-state index is -0.654. The van der Waals surface area contributed by atoms with Gasteiger partial charge >= 0.3 is 0 Å². The average Bonchev–Trinajstić information content (AvgIpc) is 3.31. The summed E-state index contributed by atoms with van der Waals surface area (Å²) in [6.45, 7) is 3.92. The van der Waals surface area contributed by atoms with Crippen molar-refractivity contribution in [2.24, 2.45) is 0 Å². The molecule has 1 amide bonds. The van der Waals surface area contributed by atoms with Crippen molar-refractivity contribution in [3.63, 3.8) is 0 Å². The van der Waals surface area contributed by atoms with Gasteiger partial charge in [-0.1, -0.05) is 12.1 Å². The third-order valence-corrected chi connectivity index (χ3v) is 4.88. The smallest absolute Gasteiger partial charge is 0.236 e. The number of amides is 1. The molecule has 1 aromatic carbocycles. The Morgan fingerprint density at radius 1 is 1.29 bits per heavy atom. The molecule has 24 heavy (non-hydrogen) atoms. The van der Waals surface area contributed by atoms with Gasteiger partial charge in [0.15, 0.2) is 0 Å². The largest absolute Gasteiger partial charge is 0.343 e. The van der Waals surface area contributed by atoms with Crippen molar-refractivity contribution >= 4 is 22.8 Å². The van der Waals surface area contributed by atoms with Gasteiger partial charge in [-0.3, -0.25) is 4.79 Å². The summed E-state index contributed by atoms with van der Waals surface area (Å²) in [7, 11) is 0. The number of carbonyl (C=O) groups excluding carboxylic acids is 1. The van der Waals surface area contributed by atoms with Gasteiger partial charge in [-0.25, -0.2) is 14.4 Å². The van der Waals surface area contributed by atoms with E-state index < -0.39 is 5.41 Å². The lowest BCUT2D eigenvalue weighted by molar-refractivity contribution is -0.118. The first kappa shape index (κ1) is 14.8. The summed E-state index contributed by atoms with van der Waals surface area (Å²) in [4.78, 5) is 24.5. The van der Waals surface area contributed by atoms with E-state index >= 15 is 0 Å². The van der Waals surface area contributed by atoms with Crippen LogP contribution in [-0.4, -0.2) is 20.9 Å². The number of nitrogens with zero attached hydrogens (tertiary/aromatic N) is 2. The van der Waals surface area contributed by atoms with E-state index in [4.69, 9.17) is 0 Å². The van der Waals surface area contributed by atoms with Crippen LogP contribution in [0.1, 0.15) is 29.7 Å². The van der Waals surface area contributed by atoms with Crippen LogP contribution in [-0.2, 0) is 10.2 Å². The summed E-state index contributed by atoms with van der Waals surface area (Å²) >= 11 is 0. The van der Waals surface area contributed by atoms with Crippen molar-refractivity contribution in [2.75, 3.05) is 5.32 Å². The second kappa shape index (κ2) is 5.12. The maximum atomic E-state index is 13.5. The molecule has 2 N–H and O–H groups in total. The van der Waals surface area contributed by atoms with E-state index in [0.29, 0.717) is 29.9 Å². The first-order valence-electron chi connectivity index (χ1n) is 7.89. The molecule has 1 aliphatic rings. The molecule has 1 aliphatic carbocycles. The third kappa shape index (κ3) is 2.18. The Morgan fingerprint density at radius 2 is 2.08 bits per heavy atom. The second-order valence-electron chi connectivity index (χ2n) is 6.37. The number of fused-ring (bicyclic) bond motifs is 1.